The SMILES string of the molecule is Cc1ccc(-c2nnc(-c3ccc(C(=O)Nc4ccc(NC(=O)C5CC5)cc4)cc3)o2)cc1. The number of amides is 2. The average Bonchev–Trinajstić information content (AvgIpc) is 3.58. The van der Waals surface area contributed by atoms with Crippen molar-refractivity contribution in [2.75, 3.05) is 10.6 Å². The maximum atomic E-state index is 12.6. The zero-order chi connectivity index (χ0) is 22.8. The average molecular weight is 438 g/mol. The van der Waals surface area contributed by atoms with Gasteiger partial charge in [-0.2, -0.15) is 0 Å². The predicted molar refractivity (Wildman–Crippen MR) is 126 cm³/mol. The van der Waals surface area contributed by atoms with E-state index in [9.17, 15) is 9.59 Å². The van der Waals surface area contributed by atoms with Crippen LogP contribution in [0.2, 0.25) is 0 Å². The number of nitrogens with one attached hydrogen (secondary N) is 2. The van der Waals surface area contributed by atoms with E-state index in [1.54, 1.807) is 48.5 Å². The van der Waals surface area contributed by atoms with Crippen LogP contribution in [0.5, 0.6) is 0 Å². The maximum Gasteiger partial charge on any atom is 0.255 e. The summed E-state index contributed by atoms with van der Waals surface area (Å²) in [5.74, 6) is 0.806. The van der Waals surface area contributed by atoms with Crippen LogP contribution in [-0.2, 0) is 4.79 Å². The second-order valence-electron chi connectivity index (χ2n) is 8.15. The Labute approximate surface area is 190 Å². The van der Waals surface area contributed by atoms with Gasteiger partial charge in [-0.15, -0.1) is 10.2 Å². The van der Waals surface area contributed by atoms with Gasteiger partial charge in [-0.3, -0.25) is 9.59 Å². The molecule has 2 amide bonds. The van der Waals surface area contributed by atoms with Gasteiger partial charge in [0, 0.05) is 34.0 Å². The fraction of sp³-hybridized carbons (Fsp3) is 0.154. The standard InChI is InChI=1S/C26H22N4O3/c1-16-2-4-19(5-3-16)25-29-30-26(33-25)20-10-8-18(9-11-20)24(32)28-22-14-12-21(13-15-22)27-23(31)17-6-7-17/h2-5,8-15,17H,6-7H2,1H3,(H,27,31)(H,28,32). The topological polar surface area (TPSA) is 97.1 Å². The first-order valence-electron chi connectivity index (χ1n) is 10.8. The molecule has 1 aliphatic rings. The van der Waals surface area contributed by atoms with Crippen LogP contribution in [-0.4, -0.2) is 22.0 Å². The Hall–Kier alpha value is -4.26. The van der Waals surface area contributed by atoms with Crippen LogP contribution in [0, 0.1) is 12.8 Å². The van der Waals surface area contributed by atoms with Gasteiger partial charge >= 0.3 is 0 Å². The van der Waals surface area contributed by atoms with E-state index in [-0.39, 0.29) is 17.7 Å². The molecule has 2 N–H and O–H groups in total. The van der Waals surface area contributed by atoms with Crippen molar-refractivity contribution in [3.8, 4) is 22.9 Å². The summed E-state index contributed by atoms with van der Waals surface area (Å²) in [4.78, 5) is 24.4. The van der Waals surface area contributed by atoms with Crippen LogP contribution in [0.15, 0.2) is 77.2 Å². The summed E-state index contributed by atoms with van der Waals surface area (Å²) in [6.45, 7) is 2.02. The summed E-state index contributed by atoms with van der Waals surface area (Å²) in [7, 11) is 0. The molecule has 164 valence electrons. The lowest BCUT2D eigenvalue weighted by Gasteiger charge is -2.08. The first-order chi connectivity index (χ1) is 16.0. The van der Waals surface area contributed by atoms with Gasteiger partial charge < -0.3 is 15.1 Å². The molecule has 1 aliphatic carbocycles. The minimum absolute atomic E-state index is 0.0547. The highest BCUT2D eigenvalue weighted by atomic mass is 16.4. The molecule has 0 spiro atoms. The van der Waals surface area contributed by atoms with Crippen LogP contribution in [0.4, 0.5) is 11.4 Å². The Morgan fingerprint density at radius 3 is 1.82 bits per heavy atom. The third kappa shape index (κ3) is 4.82. The van der Waals surface area contributed by atoms with Crippen LogP contribution in [0.3, 0.4) is 0 Å². The number of carbonyl (C=O) groups excluding carboxylic acids is 2. The molecular weight excluding hydrogens is 416 g/mol. The summed E-state index contributed by atoms with van der Waals surface area (Å²) < 4.78 is 5.80. The number of benzene rings is 3. The number of carbonyl (C=O) groups is 2. The second-order valence-corrected chi connectivity index (χ2v) is 8.15. The van der Waals surface area contributed by atoms with Crippen LogP contribution < -0.4 is 10.6 Å². The number of hydrogen-bond donors (Lipinski definition) is 2. The van der Waals surface area contributed by atoms with Gasteiger partial charge in [0.2, 0.25) is 17.7 Å². The lowest BCUT2D eigenvalue weighted by molar-refractivity contribution is -0.117. The molecule has 33 heavy (non-hydrogen) atoms. The molecule has 1 fully saturated rings. The first kappa shape index (κ1) is 20.6. The molecule has 0 unspecified atom stereocenters. The minimum atomic E-state index is -0.234. The third-order valence-electron chi connectivity index (χ3n) is 5.48. The lowest BCUT2D eigenvalue weighted by Crippen LogP contribution is -2.14. The Bertz CT molecular complexity index is 1290. The van der Waals surface area contributed by atoms with E-state index in [0.717, 1.165) is 35.2 Å². The van der Waals surface area contributed by atoms with Crippen LogP contribution in [0.1, 0.15) is 28.8 Å². The molecule has 0 aliphatic heterocycles. The van der Waals surface area contributed by atoms with E-state index in [1.165, 1.54) is 0 Å². The number of aryl methyl sites for hydroxylation is 1. The molecule has 0 bridgehead atoms. The van der Waals surface area contributed by atoms with Crippen LogP contribution >= 0.6 is 0 Å². The highest BCUT2D eigenvalue weighted by Crippen LogP contribution is 2.30. The van der Waals surface area contributed by atoms with Crippen molar-refractivity contribution < 1.29 is 14.0 Å². The van der Waals surface area contributed by atoms with E-state index in [0.29, 0.717) is 23.0 Å². The van der Waals surface area contributed by atoms with E-state index in [1.807, 2.05) is 31.2 Å². The number of hydrogen-bond acceptors (Lipinski definition) is 5. The highest BCUT2D eigenvalue weighted by Gasteiger charge is 2.29. The van der Waals surface area contributed by atoms with E-state index in [4.69, 9.17) is 4.42 Å². The van der Waals surface area contributed by atoms with Crippen LogP contribution in [0.25, 0.3) is 22.9 Å². The minimum Gasteiger partial charge on any atom is -0.416 e. The molecule has 1 heterocycles. The zero-order valence-corrected chi connectivity index (χ0v) is 18.0. The first-order valence-corrected chi connectivity index (χ1v) is 10.8. The Morgan fingerprint density at radius 1 is 0.758 bits per heavy atom. The number of rotatable bonds is 6. The van der Waals surface area contributed by atoms with Gasteiger partial charge in [-0.05, 0) is 80.4 Å². The fourth-order valence-electron chi connectivity index (χ4n) is 3.35. The van der Waals surface area contributed by atoms with Crippen molar-refractivity contribution in [1.82, 2.24) is 10.2 Å². The maximum absolute atomic E-state index is 12.6. The van der Waals surface area contributed by atoms with Crippen molar-refractivity contribution in [3.63, 3.8) is 0 Å². The zero-order valence-electron chi connectivity index (χ0n) is 18.0. The third-order valence-corrected chi connectivity index (χ3v) is 5.48. The number of anilines is 2. The molecular formula is C26H22N4O3. The molecule has 7 heteroatoms. The number of nitrogens with zero attached hydrogens (tertiary/aromatic N) is 2. The van der Waals surface area contributed by atoms with Gasteiger partial charge in [0.25, 0.3) is 5.91 Å². The molecule has 5 rings (SSSR count). The Kier molecular flexibility index (Phi) is 5.44. The number of aromatic nitrogens is 2. The molecule has 3 aromatic carbocycles. The van der Waals surface area contributed by atoms with Crippen molar-refractivity contribution in [2.24, 2.45) is 5.92 Å². The van der Waals surface area contributed by atoms with Gasteiger partial charge in [-0.25, -0.2) is 0 Å². The summed E-state index contributed by atoms with van der Waals surface area (Å²) in [6, 6.07) is 21.9. The summed E-state index contributed by atoms with van der Waals surface area (Å²) in [6.07, 6.45) is 1.92. The van der Waals surface area contributed by atoms with Gasteiger partial charge in [0.05, 0.1) is 0 Å². The smallest absolute Gasteiger partial charge is 0.255 e. The lowest BCUT2D eigenvalue weighted by atomic mass is 10.1. The molecule has 7 nitrogen and oxygen atoms in total. The monoisotopic (exact) mass is 438 g/mol. The highest BCUT2D eigenvalue weighted by molar-refractivity contribution is 6.04. The normalized spacial score (nSPS) is 12.9. The van der Waals surface area contributed by atoms with Crippen molar-refractivity contribution >= 4 is 23.2 Å². The summed E-state index contributed by atoms with van der Waals surface area (Å²) >= 11 is 0. The van der Waals surface area contributed by atoms with E-state index in [2.05, 4.69) is 20.8 Å². The van der Waals surface area contributed by atoms with Crippen molar-refractivity contribution in [3.05, 3.63) is 83.9 Å². The molecule has 4 aromatic rings. The molecule has 0 atom stereocenters. The van der Waals surface area contributed by atoms with Gasteiger partial charge in [-0.1, -0.05) is 17.7 Å². The molecule has 0 radical (unpaired) electrons. The predicted octanol–water partition coefficient (Wildman–Crippen LogP) is 5.31. The van der Waals surface area contributed by atoms with Gasteiger partial charge in [0.1, 0.15) is 0 Å². The summed E-state index contributed by atoms with van der Waals surface area (Å²) in [5.41, 5.74) is 4.61. The fourth-order valence-corrected chi connectivity index (χ4v) is 3.35. The quantitative estimate of drug-likeness (QED) is 0.425. The molecule has 0 saturated heterocycles. The molecule has 1 saturated carbocycles. The Balaban J connectivity index is 1.22. The van der Waals surface area contributed by atoms with Crippen molar-refractivity contribution in [1.29, 1.82) is 0 Å². The second kappa shape index (κ2) is 8.70. The largest absolute Gasteiger partial charge is 0.416 e. The Morgan fingerprint density at radius 2 is 1.27 bits per heavy atom. The van der Waals surface area contributed by atoms with E-state index >= 15 is 0 Å². The summed E-state index contributed by atoms with van der Waals surface area (Å²) in [5, 5.41) is 14.0. The van der Waals surface area contributed by atoms with E-state index < -0.39 is 0 Å². The molecule has 1 aromatic heterocycles. The van der Waals surface area contributed by atoms with Gasteiger partial charge in [0.15, 0.2) is 0 Å². The van der Waals surface area contributed by atoms with Crippen molar-refractivity contribution in [2.45, 2.75) is 19.8 Å².